The van der Waals surface area contributed by atoms with Crippen molar-refractivity contribution in [2.24, 2.45) is 0 Å². The summed E-state index contributed by atoms with van der Waals surface area (Å²) in [5.74, 6) is 0.206. The highest BCUT2D eigenvalue weighted by molar-refractivity contribution is 7.12. The standard InChI is InChI=1S/C23H18N2O3S/c26-22(15-28-20-11-3-7-16-6-1-2-10-19(16)20)24-17-8-4-9-18(14-17)25-23(27)21-12-5-13-29-21/h1-14H,15H2,(H,24,26)(H,25,27). The monoisotopic (exact) mass is 402 g/mol. The Hall–Kier alpha value is -3.64. The Bertz CT molecular complexity index is 1150. The molecule has 0 aliphatic carbocycles. The maximum Gasteiger partial charge on any atom is 0.265 e. The minimum Gasteiger partial charge on any atom is -0.483 e. The molecule has 0 aliphatic heterocycles. The number of ether oxygens (including phenoxy) is 1. The number of hydrogen-bond acceptors (Lipinski definition) is 4. The first-order valence-electron chi connectivity index (χ1n) is 9.04. The molecule has 0 saturated heterocycles. The van der Waals surface area contributed by atoms with Crippen LogP contribution in [0.3, 0.4) is 0 Å². The molecular formula is C23H18N2O3S. The molecule has 29 heavy (non-hydrogen) atoms. The van der Waals surface area contributed by atoms with E-state index in [4.69, 9.17) is 4.74 Å². The third-order valence-corrected chi connectivity index (χ3v) is 5.13. The Morgan fingerprint density at radius 2 is 1.59 bits per heavy atom. The zero-order valence-corrected chi connectivity index (χ0v) is 16.2. The summed E-state index contributed by atoms with van der Waals surface area (Å²) < 4.78 is 5.72. The maximum atomic E-state index is 12.3. The number of carbonyl (C=O) groups is 2. The molecule has 2 N–H and O–H groups in total. The Morgan fingerprint density at radius 3 is 2.41 bits per heavy atom. The second kappa shape index (κ2) is 8.58. The van der Waals surface area contributed by atoms with E-state index < -0.39 is 0 Å². The number of amides is 2. The van der Waals surface area contributed by atoms with Crippen molar-refractivity contribution in [3.05, 3.63) is 89.1 Å². The molecule has 4 aromatic rings. The molecule has 0 saturated carbocycles. The number of carbonyl (C=O) groups excluding carboxylic acids is 2. The largest absolute Gasteiger partial charge is 0.483 e. The van der Waals surface area contributed by atoms with Gasteiger partial charge in [0.1, 0.15) is 5.75 Å². The molecule has 144 valence electrons. The highest BCUT2D eigenvalue weighted by Crippen LogP contribution is 2.25. The van der Waals surface area contributed by atoms with Gasteiger partial charge in [-0.2, -0.15) is 0 Å². The van der Waals surface area contributed by atoms with Gasteiger partial charge in [-0.1, -0.05) is 48.5 Å². The smallest absolute Gasteiger partial charge is 0.265 e. The zero-order chi connectivity index (χ0) is 20.1. The minimum absolute atomic E-state index is 0.111. The molecule has 0 aliphatic rings. The van der Waals surface area contributed by atoms with Gasteiger partial charge in [0, 0.05) is 16.8 Å². The fourth-order valence-corrected chi connectivity index (χ4v) is 3.56. The molecule has 2 amide bonds. The van der Waals surface area contributed by atoms with Gasteiger partial charge in [0.25, 0.3) is 11.8 Å². The van der Waals surface area contributed by atoms with Crippen molar-refractivity contribution >= 4 is 45.3 Å². The molecule has 0 atom stereocenters. The lowest BCUT2D eigenvalue weighted by Gasteiger charge is -2.11. The summed E-state index contributed by atoms with van der Waals surface area (Å²) in [5.41, 5.74) is 1.19. The van der Waals surface area contributed by atoms with Crippen molar-refractivity contribution in [1.82, 2.24) is 0 Å². The zero-order valence-electron chi connectivity index (χ0n) is 15.4. The number of fused-ring (bicyclic) bond motifs is 1. The molecule has 0 bridgehead atoms. The van der Waals surface area contributed by atoms with E-state index in [-0.39, 0.29) is 18.4 Å². The molecule has 0 spiro atoms. The first-order chi connectivity index (χ1) is 14.2. The Labute approximate surface area is 171 Å². The quantitative estimate of drug-likeness (QED) is 0.467. The van der Waals surface area contributed by atoms with Crippen LogP contribution in [0.25, 0.3) is 10.8 Å². The van der Waals surface area contributed by atoms with Crippen LogP contribution in [0.1, 0.15) is 9.67 Å². The van der Waals surface area contributed by atoms with E-state index in [9.17, 15) is 9.59 Å². The predicted molar refractivity (Wildman–Crippen MR) is 117 cm³/mol. The van der Waals surface area contributed by atoms with Crippen LogP contribution >= 0.6 is 11.3 Å². The van der Waals surface area contributed by atoms with Crippen LogP contribution in [-0.4, -0.2) is 18.4 Å². The van der Waals surface area contributed by atoms with Crippen LogP contribution in [0.5, 0.6) is 5.75 Å². The van der Waals surface area contributed by atoms with Crippen LogP contribution in [-0.2, 0) is 4.79 Å². The van der Waals surface area contributed by atoms with E-state index >= 15 is 0 Å². The molecular weight excluding hydrogens is 384 g/mol. The normalized spacial score (nSPS) is 10.5. The molecule has 4 rings (SSSR count). The van der Waals surface area contributed by atoms with Gasteiger partial charge in [-0.15, -0.1) is 11.3 Å². The van der Waals surface area contributed by atoms with E-state index in [1.54, 1.807) is 30.3 Å². The van der Waals surface area contributed by atoms with Crippen molar-refractivity contribution in [2.45, 2.75) is 0 Å². The lowest BCUT2D eigenvalue weighted by Crippen LogP contribution is -2.20. The number of anilines is 2. The van der Waals surface area contributed by atoms with E-state index in [1.165, 1.54) is 11.3 Å². The molecule has 5 nitrogen and oxygen atoms in total. The van der Waals surface area contributed by atoms with Crippen LogP contribution < -0.4 is 15.4 Å². The molecule has 1 heterocycles. The van der Waals surface area contributed by atoms with Crippen molar-refractivity contribution in [3.63, 3.8) is 0 Å². The van der Waals surface area contributed by atoms with Crippen molar-refractivity contribution in [2.75, 3.05) is 17.2 Å². The second-order valence-corrected chi connectivity index (χ2v) is 7.27. The van der Waals surface area contributed by atoms with Crippen LogP contribution in [0.2, 0.25) is 0 Å². The topological polar surface area (TPSA) is 67.4 Å². The highest BCUT2D eigenvalue weighted by Gasteiger charge is 2.09. The van der Waals surface area contributed by atoms with Crippen LogP contribution in [0.4, 0.5) is 11.4 Å². The summed E-state index contributed by atoms with van der Waals surface area (Å²) in [6.45, 7) is -0.111. The van der Waals surface area contributed by atoms with Gasteiger partial charge >= 0.3 is 0 Å². The summed E-state index contributed by atoms with van der Waals surface area (Å²) in [5, 5.41) is 9.48. The molecule has 0 radical (unpaired) electrons. The summed E-state index contributed by atoms with van der Waals surface area (Å²) in [4.78, 5) is 25.1. The SMILES string of the molecule is O=C(COc1cccc2ccccc12)Nc1cccc(NC(=O)c2cccs2)c1. The van der Waals surface area contributed by atoms with Crippen LogP contribution in [0.15, 0.2) is 84.2 Å². The fourth-order valence-electron chi connectivity index (χ4n) is 2.94. The molecule has 3 aromatic carbocycles. The van der Waals surface area contributed by atoms with Crippen molar-refractivity contribution in [3.8, 4) is 5.75 Å². The Morgan fingerprint density at radius 1 is 0.828 bits per heavy atom. The lowest BCUT2D eigenvalue weighted by molar-refractivity contribution is -0.118. The van der Waals surface area contributed by atoms with Gasteiger partial charge < -0.3 is 15.4 Å². The Kier molecular flexibility index (Phi) is 5.54. The van der Waals surface area contributed by atoms with Crippen molar-refractivity contribution in [1.29, 1.82) is 0 Å². The predicted octanol–water partition coefficient (Wildman–Crippen LogP) is 5.17. The van der Waals surface area contributed by atoms with Crippen molar-refractivity contribution < 1.29 is 14.3 Å². The minimum atomic E-state index is -0.278. The lowest BCUT2D eigenvalue weighted by atomic mass is 10.1. The number of benzene rings is 3. The van der Waals surface area contributed by atoms with Crippen LogP contribution in [0, 0.1) is 0 Å². The summed E-state index contributed by atoms with van der Waals surface area (Å²) >= 11 is 1.37. The summed E-state index contributed by atoms with van der Waals surface area (Å²) in [6.07, 6.45) is 0. The summed E-state index contributed by atoms with van der Waals surface area (Å²) in [6, 6.07) is 24.2. The number of rotatable bonds is 6. The fraction of sp³-hybridized carbons (Fsp3) is 0.0435. The third kappa shape index (κ3) is 4.62. The van der Waals surface area contributed by atoms with E-state index in [0.717, 1.165) is 10.8 Å². The van der Waals surface area contributed by atoms with Gasteiger partial charge in [0.2, 0.25) is 0 Å². The van der Waals surface area contributed by atoms with Gasteiger partial charge in [-0.05, 0) is 41.1 Å². The molecule has 0 fully saturated rings. The third-order valence-electron chi connectivity index (χ3n) is 4.26. The Balaban J connectivity index is 1.38. The molecule has 1 aromatic heterocycles. The average Bonchev–Trinajstić information content (AvgIpc) is 3.28. The second-order valence-electron chi connectivity index (χ2n) is 6.33. The number of nitrogens with one attached hydrogen (secondary N) is 2. The number of hydrogen-bond donors (Lipinski definition) is 2. The average molecular weight is 402 g/mol. The maximum absolute atomic E-state index is 12.3. The van der Waals surface area contributed by atoms with E-state index in [0.29, 0.717) is 22.0 Å². The molecule has 6 heteroatoms. The van der Waals surface area contributed by atoms with Gasteiger partial charge in [0.05, 0.1) is 4.88 Å². The van der Waals surface area contributed by atoms with Gasteiger partial charge in [-0.3, -0.25) is 9.59 Å². The van der Waals surface area contributed by atoms with E-state index in [2.05, 4.69) is 10.6 Å². The summed E-state index contributed by atoms with van der Waals surface area (Å²) in [7, 11) is 0. The van der Waals surface area contributed by atoms with Gasteiger partial charge in [0.15, 0.2) is 6.61 Å². The van der Waals surface area contributed by atoms with Gasteiger partial charge in [-0.25, -0.2) is 0 Å². The molecule has 0 unspecified atom stereocenters. The first-order valence-corrected chi connectivity index (χ1v) is 9.92. The first kappa shape index (κ1) is 18.7. The number of thiophene rings is 1. The van der Waals surface area contributed by atoms with E-state index in [1.807, 2.05) is 53.9 Å². The highest BCUT2D eigenvalue weighted by atomic mass is 32.1.